The maximum absolute atomic E-state index is 13.8. The first kappa shape index (κ1) is 20.6. The highest BCUT2D eigenvalue weighted by molar-refractivity contribution is 5.90. The van der Waals surface area contributed by atoms with Gasteiger partial charge in [0.25, 0.3) is 18.2 Å². The van der Waals surface area contributed by atoms with Crippen LogP contribution in [0.5, 0.6) is 0 Å². The Morgan fingerprint density at radius 2 is 2.06 bits per heavy atom. The van der Waals surface area contributed by atoms with Crippen molar-refractivity contribution in [1.29, 1.82) is 0 Å². The normalized spacial score (nSPS) is 11.9. The van der Waals surface area contributed by atoms with Gasteiger partial charge in [0, 0.05) is 29.3 Å². The Morgan fingerprint density at radius 1 is 1.26 bits per heavy atom. The molecule has 0 aliphatic carbocycles. The first-order chi connectivity index (χ1) is 14.7. The van der Waals surface area contributed by atoms with E-state index in [0.717, 1.165) is 0 Å². The topological polar surface area (TPSA) is 98.2 Å². The zero-order chi connectivity index (χ0) is 22.2. The predicted octanol–water partition coefficient (Wildman–Crippen LogP) is 3.94. The Morgan fingerprint density at radius 3 is 2.77 bits per heavy atom. The minimum Gasteiger partial charge on any atom is -0.345 e. The van der Waals surface area contributed by atoms with Crippen molar-refractivity contribution in [3.63, 3.8) is 0 Å². The van der Waals surface area contributed by atoms with Gasteiger partial charge in [-0.3, -0.25) is 4.79 Å². The van der Waals surface area contributed by atoms with Crippen LogP contribution in [-0.2, 0) is 12.0 Å². The summed E-state index contributed by atoms with van der Waals surface area (Å²) in [7, 11) is 0. The van der Waals surface area contributed by atoms with Crippen molar-refractivity contribution >= 4 is 11.4 Å². The molecule has 1 N–H and O–H groups in total. The summed E-state index contributed by atoms with van der Waals surface area (Å²) in [5, 5.41) is 10.3. The fraction of sp³-hybridized carbons (Fsp3) is 0.286. The van der Waals surface area contributed by atoms with Crippen molar-refractivity contribution in [1.82, 2.24) is 30.1 Å². The van der Waals surface area contributed by atoms with Crippen LogP contribution in [0, 0.1) is 0 Å². The van der Waals surface area contributed by atoms with Gasteiger partial charge in [0.15, 0.2) is 0 Å². The number of hydrogen-bond acceptors (Lipinski definition) is 6. The molecule has 3 aromatic heterocycles. The molecule has 4 rings (SSSR count). The van der Waals surface area contributed by atoms with Crippen LogP contribution in [0.15, 0.2) is 47.4 Å². The zero-order valence-corrected chi connectivity index (χ0v) is 17.1. The molecule has 0 saturated heterocycles. The van der Waals surface area contributed by atoms with E-state index in [4.69, 9.17) is 4.52 Å². The summed E-state index contributed by atoms with van der Waals surface area (Å²) in [5.41, 5.74) is 1.46. The van der Waals surface area contributed by atoms with Crippen molar-refractivity contribution in [2.24, 2.45) is 0 Å². The fourth-order valence-corrected chi connectivity index (χ4v) is 3.07. The average molecular weight is 426 g/mol. The van der Waals surface area contributed by atoms with E-state index >= 15 is 0 Å². The van der Waals surface area contributed by atoms with Gasteiger partial charge in [0.05, 0.1) is 11.2 Å². The smallest absolute Gasteiger partial charge is 0.292 e. The Bertz CT molecular complexity index is 1240. The molecular weight excluding hydrogens is 406 g/mol. The molecule has 0 unspecified atom stereocenters. The molecule has 0 bridgehead atoms. The Kier molecular flexibility index (Phi) is 5.22. The lowest BCUT2D eigenvalue weighted by Gasteiger charge is -2.12. The third-order valence-electron chi connectivity index (χ3n) is 4.70. The number of fused-ring (bicyclic) bond motifs is 1. The van der Waals surface area contributed by atoms with Crippen LogP contribution < -0.4 is 5.32 Å². The third-order valence-corrected chi connectivity index (χ3v) is 4.70. The molecule has 3 heterocycles. The molecule has 0 aliphatic rings. The van der Waals surface area contributed by atoms with Crippen molar-refractivity contribution in [3.8, 4) is 11.3 Å². The lowest BCUT2D eigenvalue weighted by atomic mass is 9.97. The molecule has 0 fully saturated rings. The molecule has 0 atom stereocenters. The number of amides is 1. The summed E-state index contributed by atoms with van der Waals surface area (Å²) < 4.78 is 34.3. The summed E-state index contributed by atoms with van der Waals surface area (Å²) in [5.74, 6) is -0.428. The molecule has 8 nitrogen and oxygen atoms in total. The Balaban J connectivity index is 1.57. The van der Waals surface area contributed by atoms with Crippen molar-refractivity contribution in [3.05, 3.63) is 65.7 Å². The molecule has 1 aromatic carbocycles. The molecule has 0 aliphatic heterocycles. The first-order valence-corrected chi connectivity index (χ1v) is 9.56. The maximum atomic E-state index is 13.8. The fourth-order valence-electron chi connectivity index (χ4n) is 3.07. The number of carbonyl (C=O) groups excluding carboxylic acids is 1. The van der Waals surface area contributed by atoms with Gasteiger partial charge in [-0.1, -0.05) is 38.1 Å². The van der Waals surface area contributed by atoms with Gasteiger partial charge < -0.3 is 9.84 Å². The highest BCUT2D eigenvalue weighted by atomic mass is 19.3. The van der Waals surface area contributed by atoms with Gasteiger partial charge >= 0.3 is 0 Å². The maximum Gasteiger partial charge on any atom is 0.292 e. The van der Waals surface area contributed by atoms with E-state index in [0.29, 0.717) is 22.7 Å². The predicted molar refractivity (Wildman–Crippen MR) is 108 cm³/mol. The van der Waals surface area contributed by atoms with E-state index in [9.17, 15) is 13.6 Å². The van der Waals surface area contributed by atoms with Crippen molar-refractivity contribution in [2.45, 2.75) is 39.2 Å². The van der Waals surface area contributed by atoms with Crippen LogP contribution >= 0.6 is 0 Å². The van der Waals surface area contributed by atoms with Crippen molar-refractivity contribution < 1.29 is 18.1 Å². The number of nitrogens with one attached hydrogen (secondary N) is 1. The molecular formula is C21H20F2N6O2. The highest BCUT2D eigenvalue weighted by Crippen LogP contribution is 2.30. The van der Waals surface area contributed by atoms with Crippen LogP contribution in [0.25, 0.3) is 16.8 Å². The number of rotatable bonds is 5. The van der Waals surface area contributed by atoms with E-state index in [1.807, 2.05) is 26.8 Å². The van der Waals surface area contributed by atoms with Gasteiger partial charge in [-0.25, -0.2) is 18.3 Å². The number of alkyl halides is 2. The van der Waals surface area contributed by atoms with Crippen molar-refractivity contribution in [2.75, 3.05) is 0 Å². The van der Waals surface area contributed by atoms with E-state index in [-0.39, 0.29) is 23.5 Å². The largest absolute Gasteiger partial charge is 0.345 e. The van der Waals surface area contributed by atoms with Crippen LogP contribution in [0.1, 0.15) is 54.8 Å². The Labute approximate surface area is 176 Å². The summed E-state index contributed by atoms with van der Waals surface area (Å²) in [6, 6.07) is 8.23. The minimum absolute atomic E-state index is 0.109. The second-order valence-electron chi connectivity index (χ2n) is 8.02. The van der Waals surface area contributed by atoms with E-state index in [1.54, 1.807) is 28.9 Å². The quantitative estimate of drug-likeness (QED) is 0.519. The molecule has 160 valence electrons. The van der Waals surface area contributed by atoms with Gasteiger partial charge in [-0.05, 0) is 23.8 Å². The van der Waals surface area contributed by atoms with E-state index in [2.05, 4.69) is 25.5 Å². The minimum atomic E-state index is -2.73. The summed E-state index contributed by atoms with van der Waals surface area (Å²) in [6.45, 7) is 5.51. The standard InChI is InChI=1S/C21H20F2N6O2/c1-21(2,3)20-27-18(28-31-20)19(30)24-10-13-7-6-12(9-14(13)17(22)23)16-15-5-4-8-29(15)26-11-25-16/h4-9,11,17H,10H2,1-3H3,(H,24,30). The molecule has 1 amide bonds. The number of halogens is 2. The molecule has 31 heavy (non-hydrogen) atoms. The first-order valence-electron chi connectivity index (χ1n) is 9.56. The number of benzene rings is 1. The average Bonchev–Trinajstić information content (AvgIpc) is 3.41. The third kappa shape index (κ3) is 4.14. The Hall–Kier alpha value is -3.69. The number of hydrogen-bond donors (Lipinski definition) is 1. The van der Waals surface area contributed by atoms with Gasteiger partial charge in [0.2, 0.25) is 5.89 Å². The monoisotopic (exact) mass is 426 g/mol. The van der Waals surface area contributed by atoms with Gasteiger partial charge in [0.1, 0.15) is 6.33 Å². The lowest BCUT2D eigenvalue weighted by Crippen LogP contribution is -2.25. The van der Waals surface area contributed by atoms with Crippen LogP contribution in [0.2, 0.25) is 0 Å². The van der Waals surface area contributed by atoms with Gasteiger partial charge in [-0.2, -0.15) is 10.1 Å². The molecule has 4 aromatic rings. The highest BCUT2D eigenvalue weighted by Gasteiger charge is 2.24. The van der Waals surface area contributed by atoms with Crippen LogP contribution in [0.3, 0.4) is 0 Å². The zero-order valence-electron chi connectivity index (χ0n) is 17.1. The molecule has 0 spiro atoms. The molecule has 0 radical (unpaired) electrons. The number of carbonyl (C=O) groups is 1. The van der Waals surface area contributed by atoms with E-state index < -0.39 is 17.7 Å². The van der Waals surface area contributed by atoms with E-state index in [1.165, 1.54) is 12.4 Å². The van der Waals surface area contributed by atoms with Gasteiger partial charge in [-0.15, -0.1) is 0 Å². The SMILES string of the molecule is CC(C)(C)c1nc(C(=O)NCc2ccc(-c3ncnn4cccc34)cc2C(F)F)no1. The second-order valence-corrected chi connectivity index (χ2v) is 8.02. The van der Waals surface area contributed by atoms with Crippen LogP contribution in [-0.4, -0.2) is 30.6 Å². The molecule has 10 heteroatoms. The number of nitrogens with zero attached hydrogens (tertiary/aromatic N) is 5. The second kappa shape index (κ2) is 7.86. The summed E-state index contributed by atoms with van der Waals surface area (Å²) >= 11 is 0. The van der Waals surface area contributed by atoms with Crippen LogP contribution in [0.4, 0.5) is 8.78 Å². The summed E-state index contributed by atoms with van der Waals surface area (Å²) in [4.78, 5) is 20.7. The summed E-state index contributed by atoms with van der Waals surface area (Å²) in [6.07, 6.45) is 0.394. The molecule has 0 saturated carbocycles. The lowest BCUT2D eigenvalue weighted by molar-refractivity contribution is 0.0935. The number of aromatic nitrogens is 5.